The quantitative estimate of drug-likeness (QED) is 0.802. The molecule has 134 valence electrons. The zero-order chi connectivity index (χ0) is 17.6. The van der Waals surface area contributed by atoms with Gasteiger partial charge in [-0.1, -0.05) is 43.7 Å². The number of hydrogen-bond acceptors (Lipinski definition) is 5. The van der Waals surface area contributed by atoms with E-state index in [0.29, 0.717) is 22.9 Å². The van der Waals surface area contributed by atoms with E-state index in [9.17, 15) is 4.79 Å². The number of amides is 1. The fourth-order valence-corrected chi connectivity index (χ4v) is 3.96. The summed E-state index contributed by atoms with van der Waals surface area (Å²) in [7, 11) is 1.63. The van der Waals surface area contributed by atoms with Crippen molar-refractivity contribution in [2.45, 2.75) is 43.8 Å². The van der Waals surface area contributed by atoms with Crippen molar-refractivity contribution in [3.05, 3.63) is 30.6 Å². The molecule has 1 heterocycles. The van der Waals surface area contributed by atoms with Gasteiger partial charge in [-0.2, -0.15) is 0 Å². The van der Waals surface area contributed by atoms with Gasteiger partial charge in [-0.05, 0) is 30.9 Å². The Morgan fingerprint density at radius 3 is 2.96 bits per heavy atom. The predicted molar refractivity (Wildman–Crippen MR) is 98.2 cm³/mol. The molecule has 25 heavy (non-hydrogen) atoms. The summed E-state index contributed by atoms with van der Waals surface area (Å²) >= 11 is 1.39. The van der Waals surface area contributed by atoms with Gasteiger partial charge in [-0.3, -0.25) is 9.36 Å². The SMILES string of the molecule is COc1ccccc1-n1cnnc1SCC(=O)NC1CCCCC1C. The number of carbonyl (C=O) groups is 1. The molecule has 0 aliphatic heterocycles. The lowest BCUT2D eigenvalue weighted by Gasteiger charge is -2.29. The number of nitrogens with zero attached hydrogens (tertiary/aromatic N) is 3. The first-order valence-corrected chi connectivity index (χ1v) is 9.63. The maximum absolute atomic E-state index is 12.3. The van der Waals surface area contributed by atoms with Crippen LogP contribution in [0.5, 0.6) is 5.75 Å². The Hall–Kier alpha value is -2.02. The van der Waals surface area contributed by atoms with E-state index in [-0.39, 0.29) is 5.91 Å². The molecule has 1 aromatic carbocycles. The Balaban J connectivity index is 1.63. The first-order valence-electron chi connectivity index (χ1n) is 8.64. The maximum Gasteiger partial charge on any atom is 0.230 e. The molecule has 0 bridgehead atoms. The molecular formula is C18H24N4O2S. The van der Waals surface area contributed by atoms with Crippen LogP contribution in [0, 0.1) is 5.92 Å². The Morgan fingerprint density at radius 1 is 1.36 bits per heavy atom. The first-order chi connectivity index (χ1) is 12.2. The number of thioether (sulfide) groups is 1. The zero-order valence-electron chi connectivity index (χ0n) is 14.6. The molecule has 1 amide bonds. The molecule has 1 saturated carbocycles. The predicted octanol–water partition coefficient (Wildman–Crippen LogP) is 3.06. The number of aromatic nitrogens is 3. The number of benzene rings is 1. The molecule has 1 fully saturated rings. The highest BCUT2D eigenvalue weighted by atomic mass is 32.2. The fraction of sp³-hybridized carbons (Fsp3) is 0.500. The van der Waals surface area contributed by atoms with Gasteiger partial charge in [0, 0.05) is 6.04 Å². The standard InChI is InChI=1S/C18H24N4O2S/c1-13-7-3-4-8-14(13)20-17(23)11-25-18-21-19-12-22(18)15-9-5-6-10-16(15)24-2/h5-6,9-10,12-14H,3-4,7-8,11H2,1-2H3,(H,20,23). The number of ether oxygens (including phenoxy) is 1. The molecule has 2 aromatic rings. The smallest absolute Gasteiger partial charge is 0.230 e. The molecule has 0 radical (unpaired) electrons. The average Bonchev–Trinajstić information content (AvgIpc) is 3.10. The van der Waals surface area contributed by atoms with Gasteiger partial charge in [0.2, 0.25) is 5.91 Å². The lowest BCUT2D eigenvalue weighted by Crippen LogP contribution is -2.41. The van der Waals surface area contributed by atoms with E-state index in [0.717, 1.165) is 17.9 Å². The number of hydrogen-bond donors (Lipinski definition) is 1. The van der Waals surface area contributed by atoms with Crippen molar-refractivity contribution in [1.82, 2.24) is 20.1 Å². The molecule has 1 aliphatic rings. The summed E-state index contributed by atoms with van der Waals surface area (Å²) in [6.45, 7) is 2.22. The van der Waals surface area contributed by atoms with Crippen molar-refractivity contribution in [3.63, 3.8) is 0 Å². The number of methoxy groups -OCH3 is 1. The third-order valence-electron chi connectivity index (χ3n) is 4.65. The van der Waals surface area contributed by atoms with Crippen LogP contribution >= 0.6 is 11.8 Å². The van der Waals surface area contributed by atoms with Crippen LogP contribution in [0.15, 0.2) is 35.7 Å². The van der Waals surface area contributed by atoms with Crippen molar-refractivity contribution in [1.29, 1.82) is 0 Å². The van der Waals surface area contributed by atoms with Crippen LogP contribution in [-0.2, 0) is 4.79 Å². The fourth-order valence-electron chi connectivity index (χ4n) is 3.23. The summed E-state index contributed by atoms with van der Waals surface area (Å²) in [6, 6.07) is 7.98. The van der Waals surface area contributed by atoms with Gasteiger partial charge < -0.3 is 10.1 Å². The Kier molecular flexibility index (Phi) is 5.96. The highest BCUT2D eigenvalue weighted by Gasteiger charge is 2.23. The molecule has 2 atom stereocenters. The largest absolute Gasteiger partial charge is 0.495 e. The van der Waals surface area contributed by atoms with E-state index in [1.54, 1.807) is 13.4 Å². The van der Waals surface area contributed by atoms with Crippen LogP contribution in [0.4, 0.5) is 0 Å². The van der Waals surface area contributed by atoms with E-state index in [2.05, 4.69) is 22.4 Å². The first kappa shape index (κ1) is 17.8. The van der Waals surface area contributed by atoms with Crippen molar-refractivity contribution in [2.24, 2.45) is 5.92 Å². The second kappa shape index (κ2) is 8.38. The van der Waals surface area contributed by atoms with Crippen LogP contribution in [0.1, 0.15) is 32.6 Å². The summed E-state index contributed by atoms with van der Waals surface area (Å²) in [4.78, 5) is 12.3. The van der Waals surface area contributed by atoms with Crippen molar-refractivity contribution >= 4 is 17.7 Å². The van der Waals surface area contributed by atoms with E-state index < -0.39 is 0 Å². The van der Waals surface area contributed by atoms with Crippen molar-refractivity contribution < 1.29 is 9.53 Å². The summed E-state index contributed by atoms with van der Waals surface area (Å²) in [6.07, 6.45) is 6.38. The zero-order valence-corrected chi connectivity index (χ0v) is 15.5. The Bertz CT molecular complexity index is 719. The molecule has 1 N–H and O–H groups in total. The van der Waals surface area contributed by atoms with Crippen LogP contribution in [0.2, 0.25) is 0 Å². The minimum absolute atomic E-state index is 0.0540. The van der Waals surface area contributed by atoms with E-state index >= 15 is 0 Å². The third-order valence-corrected chi connectivity index (χ3v) is 5.59. The van der Waals surface area contributed by atoms with E-state index in [1.165, 1.54) is 31.0 Å². The number of carbonyl (C=O) groups excluding carboxylic acids is 1. The van der Waals surface area contributed by atoms with Gasteiger partial charge in [0.15, 0.2) is 5.16 Å². The molecule has 7 heteroatoms. The second-order valence-electron chi connectivity index (χ2n) is 6.38. The molecule has 6 nitrogen and oxygen atoms in total. The topological polar surface area (TPSA) is 69.0 Å². The van der Waals surface area contributed by atoms with Crippen LogP contribution in [0.3, 0.4) is 0 Å². The summed E-state index contributed by atoms with van der Waals surface area (Å²) in [5, 5.41) is 12.0. The van der Waals surface area contributed by atoms with Crippen molar-refractivity contribution in [3.8, 4) is 11.4 Å². The van der Waals surface area contributed by atoms with Gasteiger partial charge >= 0.3 is 0 Å². The molecule has 0 saturated heterocycles. The minimum atomic E-state index is 0.0540. The summed E-state index contributed by atoms with van der Waals surface area (Å²) in [5.74, 6) is 1.68. The summed E-state index contributed by atoms with van der Waals surface area (Å²) in [5.41, 5.74) is 0.860. The third kappa shape index (κ3) is 4.34. The highest BCUT2D eigenvalue weighted by Crippen LogP contribution is 2.27. The van der Waals surface area contributed by atoms with Gasteiger partial charge in [0.05, 0.1) is 18.6 Å². The highest BCUT2D eigenvalue weighted by molar-refractivity contribution is 7.99. The Morgan fingerprint density at radius 2 is 2.16 bits per heavy atom. The second-order valence-corrected chi connectivity index (χ2v) is 7.32. The van der Waals surface area contributed by atoms with Crippen molar-refractivity contribution in [2.75, 3.05) is 12.9 Å². The van der Waals surface area contributed by atoms with Gasteiger partial charge in [0.25, 0.3) is 0 Å². The normalized spacial score (nSPS) is 20.2. The van der Waals surface area contributed by atoms with Crippen LogP contribution in [-0.4, -0.2) is 39.6 Å². The van der Waals surface area contributed by atoms with Crippen LogP contribution < -0.4 is 10.1 Å². The lowest BCUT2D eigenvalue weighted by atomic mass is 9.86. The Labute approximate surface area is 152 Å². The van der Waals surface area contributed by atoms with E-state index in [1.807, 2.05) is 28.8 Å². The number of rotatable bonds is 6. The van der Waals surface area contributed by atoms with E-state index in [4.69, 9.17) is 4.74 Å². The summed E-state index contributed by atoms with van der Waals surface area (Å²) < 4.78 is 7.24. The van der Waals surface area contributed by atoms with Gasteiger partial charge in [-0.25, -0.2) is 0 Å². The van der Waals surface area contributed by atoms with Crippen LogP contribution in [0.25, 0.3) is 5.69 Å². The maximum atomic E-state index is 12.3. The van der Waals surface area contributed by atoms with Gasteiger partial charge in [0.1, 0.15) is 12.1 Å². The molecule has 1 aliphatic carbocycles. The monoisotopic (exact) mass is 360 g/mol. The molecule has 1 aromatic heterocycles. The number of nitrogens with one attached hydrogen (secondary N) is 1. The van der Waals surface area contributed by atoms with Gasteiger partial charge in [-0.15, -0.1) is 10.2 Å². The molecular weight excluding hydrogens is 336 g/mol. The average molecular weight is 360 g/mol. The lowest BCUT2D eigenvalue weighted by molar-refractivity contribution is -0.119. The molecule has 0 spiro atoms. The minimum Gasteiger partial charge on any atom is -0.495 e. The molecule has 3 rings (SSSR count). The molecule has 2 unspecified atom stereocenters. The number of para-hydroxylation sites is 2.